The van der Waals surface area contributed by atoms with Crippen LogP contribution in [0.15, 0.2) is 71.2 Å². The van der Waals surface area contributed by atoms with Crippen molar-refractivity contribution in [1.82, 2.24) is 14.8 Å². The van der Waals surface area contributed by atoms with Crippen molar-refractivity contribution in [2.45, 2.75) is 12.1 Å². The van der Waals surface area contributed by atoms with E-state index in [0.717, 1.165) is 27.7 Å². The number of rotatable bonds is 7. The largest absolute Gasteiger partial charge is 0.457 e. The highest BCUT2D eigenvalue weighted by molar-refractivity contribution is 7.99. The fraction of sp³-hybridized carbons (Fsp3) is 0.136. The van der Waals surface area contributed by atoms with Crippen LogP contribution in [0.1, 0.15) is 5.56 Å². The molecule has 0 aliphatic carbocycles. The molecule has 6 nitrogen and oxygen atoms in total. The van der Waals surface area contributed by atoms with Crippen LogP contribution in [-0.2, 0) is 11.8 Å². The number of carbonyl (C=O) groups excluding carboxylic acids is 1. The van der Waals surface area contributed by atoms with E-state index in [2.05, 4.69) is 15.5 Å². The highest BCUT2D eigenvalue weighted by Crippen LogP contribution is 2.26. The Labute approximate surface area is 182 Å². The van der Waals surface area contributed by atoms with Crippen molar-refractivity contribution in [2.75, 3.05) is 11.1 Å². The number of aryl methyl sites for hydroxylation is 1. The molecule has 0 unspecified atom stereocenters. The van der Waals surface area contributed by atoms with E-state index in [1.807, 2.05) is 84.6 Å². The third kappa shape index (κ3) is 4.90. The molecule has 0 fully saturated rings. The lowest BCUT2D eigenvalue weighted by atomic mass is 10.2. The summed E-state index contributed by atoms with van der Waals surface area (Å²) in [6, 6.07) is 19.2. The van der Waals surface area contributed by atoms with Crippen LogP contribution in [-0.4, -0.2) is 26.4 Å². The quantitative estimate of drug-likeness (QED) is 0.394. The van der Waals surface area contributed by atoms with Gasteiger partial charge in [0.15, 0.2) is 11.0 Å². The minimum atomic E-state index is -0.104. The van der Waals surface area contributed by atoms with E-state index in [9.17, 15) is 4.79 Å². The zero-order valence-electron chi connectivity index (χ0n) is 16.5. The lowest BCUT2D eigenvalue weighted by Gasteiger charge is -2.08. The molecular formula is C22H20N4O2S2. The molecule has 0 bridgehead atoms. The zero-order chi connectivity index (χ0) is 20.9. The molecule has 4 aromatic rings. The predicted molar refractivity (Wildman–Crippen MR) is 121 cm³/mol. The molecule has 2 heterocycles. The maximum Gasteiger partial charge on any atom is 0.234 e. The highest BCUT2D eigenvalue weighted by Gasteiger charge is 2.13. The second-order valence-electron chi connectivity index (χ2n) is 6.62. The predicted octanol–water partition coefficient (Wildman–Crippen LogP) is 5.38. The average Bonchev–Trinajstić information content (AvgIpc) is 3.38. The first kappa shape index (κ1) is 20.2. The summed E-state index contributed by atoms with van der Waals surface area (Å²) >= 11 is 2.97. The Hall–Kier alpha value is -3.10. The number of anilines is 1. The minimum Gasteiger partial charge on any atom is -0.457 e. The number of thioether (sulfide) groups is 1. The van der Waals surface area contributed by atoms with Crippen LogP contribution in [0.3, 0.4) is 0 Å². The van der Waals surface area contributed by atoms with Gasteiger partial charge in [0, 0.05) is 12.7 Å². The minimum absolute atomic E-state index is 0.104. The maximum atomic E-state index is 12.3. The number of thiophene rings is 1. The Morgan fingerprint density at radius 3 is 2.67 bits per heavy atom. The van der Waals surface area contributed by atoms with Crippen molar-refractivity contribution in [3.05, 3.63) is 71.6 Å². The molecule has 1 amide bonds. The van der Waals surface area contributed by atoms with E-state index < -0.39 is 0 Å². The first-order chi connectivity index (χ1) is 14.6. The summed E-state index contributed by atoms with van der Waals surface area (Å²) in [6.45, 7) is 2.02. The SMILES string of the molecule is Cc1cccc(Oc2ccc(NC(=O)CSc3nnc(-c4cccs4)n3C)cc2)c1. The monoisotopic (exact) mass is 436 g/mol. The fourth-order valence-corrected chi connectivity index (χ4v) is 4.26. The Bertz CT molecular complexity index is 1140. The van der Waals surface area contributed by atoms with E-state index in [1.54, 1.807) is 11.3 Å². The van der Waals surface area contributed by atoms with Crippen LogP contribution >= 0.6 is 23.1 Å². The van der Waals surface area contributed by atoms with Crippen LogP contribution in [0.5, 0.6) is 11.5 Å². The molecule has 1 N–H and O–H groups in total. The van der Waals surface area contributed by atoms with Gasteiger partial charge in [0.25, 0.3) is 0 Å². The third-order valence-corrected chi connectivity index (χ3v) is 6.16. The molecule has 0 atom stereocenters. The van der Waals surface area contributed by atoms with Crippen molar-refractivity contribution in [2.24, 2.45) is 7.05 Å². The molecule has 30 heavy (non-hydrogen) atoms. The maximum absolute atomic E-state index is 12.3. The van der Waals surface area contributed by atoms with Gasteiger partial charge in [-0.2, -0.15) is 0 Å². The van der Waals surface area contributed by atoms with Gasteiger partial charge in [-0.3, -0.25) is 4.79 Å². The van der Waals surface area contributed by atoms with E-state index in [4.69, 9.17) is 4.74 Å². The van der Waals surface area contributed by atoms with Crippen LogP contribution in [0.4, 0.5) is 5.69 Å². The van der Waals surface area contributed by atoms with Gasteiger partial charge in [0.1, 0.15) is 11.5 Å². The normalized spacial score (nSPS) is 10.7. The molecule has 0 spiro atoms. The van der Waals surface area contributed by atoms with Crippen molar-refractivity contribution in [3.63, 3.8) is 0 Å². The second-order valence-corrected chi connectivity index (χ2v) is 8.51. The first-order valence-corrected chi connectivity index (χ1v) is 11.2. The van der Waals surface area contributed by atoms with Crippen LogP contribution in [0.25, 0.3) is 10.7 Å². The molecule has 0 saturated carbocycles. The molecule has 4 rings (SSSR count). The highest BCUT2D eigenvalue weighted by atomic mass is 32.2. The van der Waals surface area contributed by atoms with Crippen LogP contribution < -0.4 is 10.1 Å². The summed E-state index contributed by atoms with van der Waals surface area (Å²) in [4.78, 5) is 13.4. The Balaban J connectivity index is 1.31. The third-order valence-electron chi connectivity index (χ3n) is 4.27. The number of amides is 1. The number of aromatic nitrogens is 3. The van der Waals surface area contributed by atoms with Gasteiger partial charge in [-0.25, -0.2) is 0 Å². The number of nitrogens with one attached hydrogen (secondary N) is 1. The van der Waals surface area contributed by atoms with Crippen LogP contribution in [0.2, 0.25) is 0 Å². The number of hydrogen-bond acceptors (Lipinski definition) is 6. The number of nitrogens with zero attached hydrogens (tertiary/aromatic N) is 3. The molecule has 0 radical (unpaired) electrons. The van der Waals surface area contributed by atoms with E-state index in [-0.39, 0.29) is 11.7 Å². The van der Waals surface area contributed by atoms with E-state index in [0.29, 0.717) is 10.9 Å². The van der Waals surface area contributed by atoms with Crippen molar-refractivity contribution < 1.29 is 9.53 Å². The number of ether oxygens (including phenoxy) is 1. The van der Waals surface area contributed by atoms with Crippen molar-refractivity contribution >= 4 is 34.7 Å². The smallest absolute Gasteiger partial charge is 0.234 e. The van der Waals surface area contributed by atoms with Crippen molar-refractivity contribution in [1.29, 1.82) is 0 Å². The molecule has 2 aromatic carbocycles. The summed E-state index contributed by atoms with van der Waals surface area (Å²) in [5.41, 5.74) is 1.86. The second kappa shape index (κ2) is 9.15. The standard InChI is InChI=1S/C22H20N4O2S2/c1-15-5-3-6-18(13-15)28-17-10-8-16(9-11-17)23-20(27)14-30-22-25-24-21(26(22)2)19-7-4-12-29-19/h3-13H,14H2,1-2H3,(H,23,27). The molecule has 152 valence electrons. The molecule has 0 saturated heterocycles. The van der Waals surface area contributed by atoms with Gasteiger partial charge in [0.2, 0.25) is 5.91 Å². The number of carbonyl (C=O) groups is 1. The summed E-state index contributed by atoms with van der Waals surface area (Å²) in [5.74, 6) is 2.45. The summed E-state index contributed by atoms with van der Waals surface area (Å²) in [5, 5.41) is 14.0. The molecule has 8 heteroatoms. The molecule has 2 aromatic heterocycles. The van der Waals surface area contributed by atoms with Gasteiger partial charge in [0.05, 0.1) is 10.6 Å². The topological polar surface area (TPSA) is 69.0 Å². The molecule has 0 aliphatic rings. The molecular weight excluding hydrogens is 416 g/mol. The van der Waals surface area contributed by atoms with Crippen LogP contribution in [0, 0.1) is 6.92 Å². The van der Waals surface area contributed by atoms with Gasteiger partial charge >= 0.3 is 0 Å². The summed E-state index contributed by atoms with van der Waals surface area (Å²) in [6.07, 6.45) is 0. The van der Waals surface area contributed by atoms with Gasteiger partial charge < -0.3 is 14.6 Å². The Morgan fingerprint density at radius 2 is 1.93 bits per heavy atom. The molecule has 0 aliphatic heterocycles. The van der Waals surface area contributed by atoms with Gasteiger partial charge in [-0.05, 0) is 60.3 Å². The summed E-state index contributed by atoms with van der Waals surface area (Å²) < 4.78 is 7.74. The summed E-state index contributed by atoms with van der Waals surface area (Å²) in [7, 11) is 1.91. The van der Waals surface area contributed by atoms with Gasteiger partial charge in [-0.1, -0.05) is 30.0 Å². The first-order valence-electron chi connectivity index (χ1n) is 9.29. The number of hydrogen-bond donors (Lipinski definition) is 1. The zero-order valence-corrected chi connectivity index (χ0v) is 18.2. The number of benzene rings is 2. The van der Waals surface area contributed by atoms with Crippen molar-refractivity contribution in [3.8, 4) is 22.2 Å². The Morgan fingerprint density at radius 1 is 1.10 bits per heavy atom. The van der Waals surface area contributed by atoms with E-state index in [1.165, 1.54) is 11.8 Å². The lowest BCUT2D eigenvalue weighted by molar-refractivity contribution is -0.113. The van der Waals surface area contributed by atoms with E-state index >= 15 is 0 Å². The lowest BCUT2D eigenvalue weighted by Crippen LogP contribution is -2.14. The Kier molecular flexibility index (Phi) is 6.15. The average molecular weight is 437 g/mol. The van der Waals surface area contributed by atoms with Gasteiger partial charge in [-0.15, -0.1) is 21.5 Å². The fourth-order valence-electron chi connectivity index (χ4n) is 2.81.